The van der Waals surface area contributed by atoms with Crippen LogP contribution in [0.15, 0.2) is 4.99 Å². The minimum absolute atomic E-state index is 0.0218. The summed E-state index contributed by atoms with van der Waals surface area (Å²) in [6, 6.07) is 0. The monoisotopic (exact) mass is 259 g/mol. The summed E-state index contributed by atoms with van der Waals surface area (Å²) in [6.45, 7) is -0.142. The predicted octanol–water partition coefficient (Wildman–Crippen LogP) is 0.170. The van der Waals surface area contributed by atoms with E-state index >= 15 is 0 Å². The number of aliphatic imine (C=N–C) groups is 1. The first-order chi connectivity index (χ1) is 8.18. The lowest BCUT2D eigenvalue weighted by Gasteiger charge is -2.07. The van der Waals surface area contributed by atoms with Gasteiger partial charge in [0.2, 0.25) is 5.91 Å². The second-order valence-corrected chi connectivity index (χ2v) is 5.01. The van der Waals surface area contributed by atoms with Crippen molar-refractivity contribution in [3.05, 3.63) is 0 Å². The third-order valence-electron chi connectivity index (χ3n) is 2.24. The molecule has 1 amide bonds. The van der Waals surface area contributed by atoms with Crippen LogP contribution in [-0.4, -0.2) is 36.9 Å². The molecule has 0 aliphatic carbocycles. The van der Waals surface area contributed by atoms with Gasteiger partial charge >= 0.3 is 5.97 Å². The molecule has 1 aliphatic rings. The van der Waals surface area contributed by atoms with Crippen molar-refractivity contribution in [2.75, 3.05) is 19.1 Å². The Labute approximate surface area is 102 Å². The summed E-state index contributed by atoms with van der Waals surface area (Å²) in [5, 5.41) is 2.44. The number of cyclic esters (lactones) is 1. The number of esters is 1. The molecule has 0 radical (unpaired) electrons. The fraction of sp³-hybridized carbons (Fsp3) is 0.700. The summed E-state index contributed by atoms with van der Waals surface area (Å²) in [7, 11) is 0.624. The van der Waals surface area contributed by atoms with Gasteiger partial charge < -0.3 is 10.5 Å². The van der Waals surface area contributed by atoms with E-state index in [0.717, 1.165) is 25.4 Å². The molecule has 1 atom stereocenters. The van der Waals surface area contributed by atoms with Crippen molar-refractivity contribution >= 4 is 26.4 Å². The highest BCUT2D eigenvalue weighted by Gasteiger charge is 2.06. The van der Waals surface area contributed by atoms with E-state index in [4.69, 9.17) is 10.5 Å². The van der Waals surface area contributed by atoms with Crippen LogP contribution in [0.1, 0.15) is 25.7 Å². The second-order valence-electron chi connectivity index (χ2n) is 3.72. The Morgan fingerprint density at radius 3 is 2.94 bits per heavy atom. The summed E-state index contributed by atoms with van der Waals surface area (Å²) in [5.41, 5.74) is 5.45. The lowest BCUT2D eigenvalue weighted by molar-refractivity contribution is -0.139. The number of nitrogens with zero attached hydrogens (tertiary/aromatic N) is 1. The van der Waals surface area contributed by atoms with E-state index in [9.17, 15) is 9.59 Å². The second kappa shape index (κ2) is 8.01. The van der Waals surface area contributed by atoms with Crippen LogP contribution in [-0.2, 0) is 14.3 Å². The Hall–Kier alpha value is -1.16. The highest BCUT2D eigenvalue weighted by Crippen LogP contribution is 2.14. The molecule has 0 aromatic rings. The number of amides is 1. The van der Waals surface area contributed by atoms with Crippen molar-refractivity contribution < 1.29 is 14.3 Å². The zero-order chi connectivity index (χ0) is 12.5. The number of nitrogens with one attached hydrogen (secondary N) is 1. The number of hydrogen-bond acceptors (Lipinski definition) is 5. The van der Waals surface area contributed by atoms with Crippen LogP contribution >= 0.6 is 8.58 Å². The lowest BCUT2D eigenvalue weighted by atomic mass is 10.2. The van der Waals surface area contributed by atoms with Gasteiger partial charge in [0.1, 0.15) is 12.9 Å². The molecule has 0 aromatic heterocycles. The molecule has 0 bridgehead atoms. The molecule has 0 aromatic carbocycles. The summed E-state index contributed by atoms with van der Waals surface area (Å²) in [5.74, 6) is -0.586. The zero-order valence-corrected chi connectivity index (χ0v) is 10.7. The fourth-order valence-electron chi connectivity index (χ4n) is 1.36. The maximum Gasteiger partial charge on any atom is 0.328 e. The van der Waals surface area contributed by atoms with Gasteiger partial charge in [-0.15, -0.1) is 0 Å². The molecule has 0 saturated carbocycles. The molecule has 0 spiro atoms. The first kappa shape index (κ1) is 13.9. The van der Waals surface area contributed by atoms with E-state index in [-0.39, 0.29) is 18.4 Å². The summed E-state index contributed by atoms with van der Waals surface area (Å²) in [4.78, 5) is 26.3. The summed E-state index contributed by atoms with van der Waals surface area (Å²) in [6.07, 6.45) is 4.87. The molecule has 3 N–H and O–H groups in total. The Bertz CT molecular complexity index is 307. The number of carbonyl (C=O) groups excluding carboxylic acids is 2. The topological polar surface area (TPSA) is 93.8 Å². The standard InChI is InChI=1S/C10H18N3O3P/c11-10-12-6-9(15)16-7-17-5-3-1-2-4-8(14)13-10/h17H,1-7H2,(H3,11,12,13,14). The molecule has 7 heteroatoms. The largest absolute Gasteiger partial charge is 0.460 e. The van der Waals surface area contributed by atoms with Crippen LogP contribution in [0.3, 0.4) is 0 Å². The Kier molecular flexibility index (Phi) is 6.55. The van der Waals surface area contributed by atoms with Gasteiger partial charge in [-0.25, -0.2) is 4.99 Å². The number of ether oxygens (including phenoxy) is 1. The van der Waals surface area contributed by atoms with Gasteiger partial charge in [-0.3, -0.25) is 14.9 Å². The Balaban J connectivity index is 2.47. The molecule has 6 nitrogen and oxygen atoms in total. The Morgan fingerprint density at radius 1 is 1.29 bits per heavy atom. The van der Waals surface area contributed by atoms with Crippen LogP contribution in [0.5, 0.6) is 0 Å². The molecule has 1 aliphatic heterocycles. The summed E-state index contributed by atoms with van der Waals surface area (Å²) < 4.78 is 4.96. The molecule has 17 heavy (non-hydrogen) atoms. The highest BCUT2D eigenvalue weighted by atomic mass is 31.1. The van der Waals surface area contributed by atoms with Crippen LogP contribution in [0.4, 0.5) is 0 Å². The number of hydrogen-bond donors (Lipinski definition) is 2. The van der Waals surface area contributed by atoms with Crippen molar-refractivity contribution in [3.63, 3.8) is 0 Å². The molecular formula is C10H18N3O3P. The van der Waals surface area contributed by atoms with Crippen molar-refractivity contribution in [2.24, 2.45) is 10.7 Å². The number of nitrogens with two attached hydrogens (primary N) is 1. The normalized spacial score (nSPS) is 22.2. The smallest absolute Gasteiger partial charge is 0.328 e. The molecule has 1 rings (SSSR count). The van der Waals surface area contributed by atoms with Gasteiger partial charge in [0.25, 0.3) is 0 Å². The molecular weight excluding hydrogens is 241 g/mol. The van der Waals surface area contributed by atoms with Crippen molar-refractivity contribution in [1.29, 1.82) is 0 Å². The van der Waals surface area contributed by atoms with E-state index in [2.05, 4.69) is 10.3 Å². The van der Waals surface area contributed by atoms with E-state index < -0.39 is 5.97 Å². The average molecular weight is 259 g/mol. The minimum atomic E-state index is -0.410. The first-order valence-electron chi connectivity index (χ1n) is 5.64. The maximum absolute atomic E-state index is 11.4. The van der Waals surface area contributed by atoms with Crippen molar-refractivity contribution in [3.8, 4) is 0 Å². The third kappa shape index (κ3) is 6.89. The maximum atomic E-state index is 11.4. The summed E-state index contributed by atoms with van der Waals surface area (Å²) >= 11 is 0. The molecule has 0 fully saturated rings. The van der Waals surface area contributed by atoms with Gasteiger partial charge in [-0.2, -0.15) is 0 Å². The predicted molar refractivity (Wildman–Crippen MR) is 67.2 cm³/mol. The molecule has 96 valence electrons. The fourth-order valence-corrected chi connectivity index (χ4v) is 2.26. The quantitative estimate of drug-likeness (QED) is 0.479. The van der Waals surface area contributed by atoms with Gasteiger partial charge in [0.15, 0.2) is 5.96 Å². The van der Waals surface area contributed by atoms with Crippen LogP contribution in [0.25, 0.3) is 0 Å². The molecule has 0 saturated heterocycles. The minimum Gasteiger partial charge on any atom is -0.460 e. The van der Waals surface area contributed by atoms with Crippen molar-refractivity contribution in [2.45, 2.75) is 25.7 Å². The van der Waals surface area contributed by atoms with Crippen LogP contribution < -0.4 is 11.1 Å². The molecule has 1 heterocycles. The Morgan fingerprint density at radius 2 is 2.12 bits per heavy atom. The van der Waals surface area contributed by atoms with E-state index in [0.29, 0.717) is 21.3 Å². The highest BCUT2D eigenvalue weighted by molar-refractivity contribution is 7.37. The SMILES string of the molecule is NC1=NCC(=O)OCPCCCCCC(=O)N1. The first-order valence-corrected chi connectivity index (χ1v) is 7.06. The number of guanidine groups is 1. The van der Waals surface area contributed by atoms with Crippen LogP contribution in [0, 0.1) is 0 Å². The van der Waals surface area contributed by atoms with Gasteiger partial charge in [-0.1, -0.05) is 15.0 Å². The van der Waals surface area contributed by atoms with Gasteiger partial charge in [0.05, 0.1) is 0 Å². The molecule has 1 unspecified atom stereocenters. The van der Waals surface area contributed by atoms with Crippen molar-refractivity contribution in [1.82, 2.24) is 5.32 Å². The zero-order valence-electron chi connectivity index (χ0n) is 9.70. The van der Waals surface area contributed by atoms with E-state index in [1.807, 2.05) is 0 Å². The number of rotatable bonds is 0. The van der Waals surface area contributed by atoms with E-state index in [1.165, 1.54) is 0 Å². The number of carbonyl (C=O) groups is 2. The average Bonchev–Trinajstić information content (AvgIpc) is 2.29. The van der Waals surface area contributed by atoms with E-state index in [1.54, 1.807) is 0 Å². The van der Waals surface area contributed by atoms with Crippen LogP contribution in [0.2, 0.25) is 0 Å². The van der Waals surface area contributed by atoms with Gasteiger partial charge in [0, 0.05) is 6.42 Å². The third-order valence-corrected chi connectivity index (χ3v) is 3.29. The lowest BCUT2D eigenvalue weighted by Crippen LogP contribution is -2.37. The van der Waals surface area contributed by atoms with Gasteiger partial charge in [-0.05, 0) is 19.0 Å².